The number of carbonyl (C=O) groups excluding carboxylic acids is 1. The van der Waals surface area contributed by atoms with Crippen molar-refractivity contribution in [3.8, 4) is 0 Å². The highest BCUT2D eigenvalue weighted by molar-refractivity contribution is 5.91. The first-order valence-electron chi connectivity index (χ1n) is 11.6. The third-order valence-corrected chi connectivity index (χ3v) is 6.40. The lowest BCUT2D eigenvalue weighted by molar-refractivity contribution is -0.138. The van der Waals surface area contributed by atoms with Gasteiger partial charge in [-0.2, -0.15) is 18.3 Å². The number of fused-ring (bicyclic) bond motifs is 1. The Morgan fingerprint density at radius 3 is 2.42 bits per heavy atom. The molecule has 0 aliphatic carbocycles. The van der Waals surface area contributed by atoms with E-state index in [1.165, 1.54) is 0 Å². The lowest BCUT2D eigenvalue weighted by atomic mass is 10.1. The zero-order valence-electron chi connectivity index (χ0n) is 19.2. The van der Waals surface area contributed by atoms with Crippen LogP contribution in [0.15, 0.2) is 41.5 Å². The van der Waals surface area contributed by atoms with E-state index < -0.39 is 11.7 Å². The monoisotopic (exact) mass is 503 g/mol. The Labute approximate surface area is 203 Å². The third kappa shape index (κ3) is 4.96. The molecule has 0 saturated carbocycles. The summed E-state index contributed by atoms with van der Waals surface area (Å²) < 4.78 is 44.0. The van der Waals surface area contributed by atoms with E-state index in [2.05, 4.69) is 20.2 Å². The predicted molar refractivity (Wildman–Crippen MR) is 125 cm³/mol. The van der Waals surface area contributed by atoms with Gasteiger partial charge in [0.05, 0.1) is 30.1 Å². The van der Waals surface area contributed by atoms with Crippen molar-refractivity contribution in [3.05, 3.63) is 52.6 Å². The van der Waals surface area contributed by atoms with Gasteiger partial charge in [0.15, 0.2) is 5.82 Å². The van der Waals surface area contributed by atoms with E-state index in [-0.39, 0.29) is 29.9 Å². The summed E-state index contributed by atoms with van der Waals surface area (Å²) in [5, 5.41) is 8.09. The molecule has 2 fully saturated rings. The van der Waals surface area contributed by atoms with E-state index >= 15 is 0 Å². The van der Waals surface area contributed by atoms with Crippen LogP contribution in [0.4, 0.5) is 24.9 Å². The van der Waals surface area contributed by atoms with Crippen molar-refractivity contribution in [2.45, 2.75) is 18.7 Å². The van der Waals surface area contributed by atoms with E-state index in [0.29, 0.717) is 57.1 Å². The van der Waals surface area contributed by atoms with E-state index in [1.54, 1.807) is 21.9 Å². The Hall–Kier alpha value is -3.74. The molecule has 4 heterocycles. The quantitative estimate of drug-likeness (QED) is 0.573. The van der Waals surface area contributed by atoms with Crippen molar-refractivity contribution in [2.75, 3.05) is 55.7 Å². The topological polar surface area (TPSA) is 108 Å². The third-order valence-electron chi connectivity index (χ3n) is 6.40. The molecule has 1 amide bonds. The Morgan fingerprint density at radius 1 is 1.03 bits per heavy atom. The van der Waals surface area contributed by atoms with Gasteiger partial charge in [-0.25, -0.2) is 15.1 Å². The molecule has 1 aromatic carbocycles. The van der Waals surface area contributed by atoms with E-state index in [9.17, 15) is 22.8 Å². The second-order valence-corrected chi connectivity index (χ2v) is 8.70. The van der Waals surface area contributed by atoms with Gasteiger partial charge in [-0.15, -0.1) is 0 Å². The average Bonchev–Trinajstić information content (AvgIpc) is 2.89. The van der Waals surface area contributed by atoms with Gasteiger partial charge in [0.1, 0.15) is 0 Å². The molecule has 5 rings (SSSR count). The summed E-state index contributed by atoms with van der Waals surface area (Å²) in [6.45, 7) is 3.11. The fourth-order valence-electron chi connectivity index (χ4n) is 4.49. The minimum atomic E-state index is -4.48. The van der Waals surface area contributed by atoms with Gasteiger partial charge in [0.2, 0.25) is 11.9 Å². The normalized spacial score (nSPS) is 19.1. The number of anilines is 2. The molecular formula is C23H24F3N7O3. The molecule has 0 bridgehead atoms. The highest BCUT2D eigenvalue weighted by Crippen LogP contribution is 2.28. The highest BCUT2D eigenvalue weighted by atomic mass is 19.4. The van der Waals surface area contributed by atoms with Crippen LogP contribution < -0.4 is 15.4 Å². The number of aromatic amines is 1. The number of piperazine rings is 1. The highest BCUT2D eigenvalue weighted by Gasteiger charge is 2.32. The van der Waals surface area contributed by atoms with Crippen molar-refractivity contribution in [2.24, 2.45) is 0 Å². The molecule has 2 aliphatic rings. The summed E-state index contributed by atoms with van der Waals surface area (Å²) in [6, 6.07) is 7.24. The van der Waals surface area contributed by atoms with Crippen molar-refractivity contribution in [1.29, 1.82) is 0 Å². The molecule has 10 nitrogen and oxygen atoms in total. The first kappa shape index (κ1) is 24.0. The summed E-state index contributed by atoms with van der Waals surface area (Å²) in [5.74, 6) is 0.798. The molecule has 3 aromatic rings. The average molecular weight is 503 g/mol. The number of benzene rings is 1. The van der Waals surface area contributed by atoms with Crippen LogP contribution in [-0.2, 0) is 15.7 Å². The molecule has 0 radical (unpaired) electrons. The number of aromatic nitrogens is 4. The number of alkyl halides is 3. The van der Waals surface area contributed by atoms with Gasteiger partial charge in [-0.3, -0.25) is 9.59 Å². The van der Waals surface area contributed by atoms with Crippen LogP contribution in [0.25, 0.3) is 10.8 Å². The molecule has 0 spiro atoms. The molecular weight excluding hydrogens is 479 g/mol. The smallest absolute Gasteiger partial charge is 0.374 e. The maximum atomic E-state index is 13.0. The molecule has 2 aliphatic heterocycles. The van der Waals surface area contributed by atoms with Crippen molar-refractivity contribution >= 4 is 28.4 Å². The maximum Gasteiger partial charge on any atom is 0.419 e. The maximum absolute atomic E-state index is 13.0. The molecule has 1 atom stereocenters. The molecule has 13 heteroatoms. The van der Waals surface area contributed by atoms with Crippen molar-refractivity contribution in [1.82, 2.24) is 25.1 Å². The number of hydrogen-bond donors (Lipinski definition) is 1. The van der Waals surface area contributed by atoms with Gasteiger partial charge in [-0.05, 0) is 6.07 Å². The molecule has 1 unspecified atom stereocenters. The van der Waals surface area contributed by atoms with Crippen LogP contribution >= 0.6 is 0 Å². The zero-order chi connectivity index (χ0) is 25.3. The summed E-state index contributed by atoms with van der Waals surface area (Å²) >= 11 is 0. The summed E-state index contributed by atoms with van der Waals surface area (Å²) in [6.07, 6.45) is -3.09. The van der Waals surface area contributed by atoms with Gasteiger partial charge in [-0.1, -0.05) is 18.2 Å². The number of ether oxygens (including phenoxy) is 1. The lowest BCUT2D eigenvalue weighted by Gasteiger charge is -2.37. The van der Waals surface area contributed by atoms with Crippen LogP contribution in [0.2, 0.25) is 0 Å². The van der Waals surface area contributed by atoms with Crippen molar-refractivity contribution in [3.63, 3.8) is 0 Å². The molecule has 190 valence electrons. The summed E-state index contributed by atoms with van der Waals surface area (Å²) in [7, 11) is 0. The number of rotatable bonds is 4. The fraction of sp³-hybridized carbons (Fsp3) is 0.435. The van der Waals surface area contributed by atoms with Crippen LogP contribution in [0.1, 0.15) is 12.0 Å². The van der Waals surface area contributed by atoms with Crippen molar-refractivity contribution < 1.29 is 22.7 Å². The Kier molecular flexibility index (Phi) is 6.48. The number of hydrogen-bond acceptors (Lipinski definition) is 8. The number of morpholine rings is 1. The predicted octanol–water partition coefficient (Wildman–Crippen LogP) is 1.68. The van der Waals surface area contributed by atoms with E-state index in [1.807, 2.05) is 17.0 Å². The molecule has 36 heavy (non-hydrogen) atoms. The molecule has 2 aromatic heterocycles. The van der Waals surface area contributed by atoms with Crippen LogP contribution in [-0.4, -0.2) is 83.0 Å². The first-order chi connectivity index (χ1) is 17.3. The van der Waals surface area contributed by atoms with E-state index in [4.69, 9.17) is 4.74 Å². The van der Waals surface area contributed by atoms with Gasteiger partial charge in [0, 0.05) is 57.0 Å². The Balaban J connectivity index is 1.18. The van der Waals surface area contributed by atoms with Gasteiger partial charge in [0.25, 0.3) is 5.56 Å². The standard InChI is InChI=1S/C23H24F3N7O3/c24-23(25,26)15-12-27-22(28-13-15)32-7-5-31(6-8-32)19(34)11-16-14-33(9-10-36-16)20-17-3-1-2-4-18(17)21(35)30-29-20/h1-4,12-13,16H,5-11,14H2,(H,30,35). The first-order valence-corrected chi connectivity index (χ1v) is 11.6. The number of carbonyl (C=O) groups is 1. The molecule has 2 saturated heterocycles. The van der Waals surface area contributed by atoms with Crippen LogP contribution in [0, 0.1) is 0 Å². The Bertz CT molecular complexity index is 1290. The van der Waals surface area contributed by atoms with Crippen LogP contribution in [0.3, 0.4) is 0 Å². The molecule has 1 N–H and O–H groups in total. The number of H-pyrrole nitrogens is 1. The minimum absolute atomic E-state index is 0.0610. The number of nitrogens with zero attached hydrogens (tertiary/aromatic N) is 6. The fourth-order valence-corrected chi connectivity index (χ4v) is 4.49. The lowest BCUT2D eigenvalue weighted by Crippen LogP contribution is -2.51. The second kappa shape index (κ2) is 9.72. The minimum Gasteiger partial charge on any atom is -0.374 e. The number of halogens is 3. The Morgan fingerprint density at radius 2 is 1.72 bits per heavy atom. The summed E-state index contributed by atoms with van der Waals surface area (Å²) in [4.78, 5) is 38.2. The number of nitrogens with one attached hydrogen (secondary N) is 1. The van der Waals surface area contributed by atoms with Crippen LogP contribution in [0.5, 0.6) is 0 Å². The summed E-state index contributed by atoms with van der Waals surface area (Å²) in [5.41, 5.74) is -1.15. The van der Waals surface area contributed by atoms with Gasteiger partial charge >= 0.3 is 6.18 Å². The largest absolute Gasteiger partial charge is 0.419 e. The zero-order valence-corrected chi connectivity index (χ0v) is 19.2. The van der Waals surface area contributed by atoms with E-state index in [0.717, 1.165) is 17.8 Å². The SMILES string of the molecule is O=C(CC1CN(c2n[nH]c(=O)c3ccccc23)CCO1)N1CCN(c2ncc(C(F)(F)F)cn2)CC1. The number of amides is 1. The van der Waals surface area contributed by atoms with Gasteiger partial charge < -0.3 is 19.4 Å². The second-order valence-electron chi connectivity index (χ2n) is 8.70.